The number of hydrogen-bond donors (Lipinski definition) is 1. The molecule has 2 heterocycles. The Hall–Kier alpha value is -2.60. The Kier molecular flexibility index (Phi) is 7.32. The molecular formula is C24H34N4O2. The van der Waals surface area contributed by atoms with Gasteiger partial charge in [-0.25, -0.2) is 4.98 Å². The summed E-state index contributed by atoms with van der Waals surface area (Å²) in [5.74, 6) is 2.01. The van der Waals surface area contributed by atoms with Crippen molar-refractivity contribution in [3.8, 4) is 5.75 Å². The van der Waals surface area contributed by atoms with E-state index in [4.69, 9.17) is 4.74 Å². The van der Waals surface area contributed by atoms with E-state index in [1.807, 2.05) is 30.5 Å². The summed E-state index contributed by atoms with van der Waals surface area (Å²) >= 11 is 0. The minimum absolute atomic E-state index is 0.131. The predicted octanol–water partition coefficient (Wildman–Crippen LogP) is 3.35. The van der Waals surface area contributed by atoms with E-state index in [2.05, 4.69) is 54.0 Å². The van der Waals surface area contributed by atoms with Crippen LogP contribution in [0.1, 0.15) is 43.4 Å². The van der Waals surface area contributed by atoms with Crippen LogP contribution in [0.5, 0.6) is 5.75 Å². The van der Waals surface area contributed by atoms with Crippen LogP contribution in [-0.4, -0.2) is 55.1 Å². The molecular weight excluding hydrogens is 376 g/mol. The monoisotopic (exact) mass is 410 g/mol. The van der Waals surface area contributed by atoms with Gasteiger partial charge in [0.2, 0.25) is 0 Å². The molecule has 2 aromatic rings. The number of nitrogens with one attached hydrogen (secondary N) is 1. The highest BCUT2D eigenvalue weighted by molar-refractivity contribution is 5.80. The fourth-order valence-corrected chi connectivity index (χ4v) is 3.82. The van der Waals surface area contributed by atoms with E-state index in [1.165, 1.54) is 11.1 Å². The SMILES string of the molecule is Cc1cc(OC(C)C(=O)NCc2cccnc2N2CCN(C)CC2)ccc1C(C)C. The zero-order chi connectivity index (χ0) is 21.7. The molecule has 3 rings (SSSR count). The lowest BCUT2D eigenvalue weighted by atomic mass is 9.98. The first kappa shape index (κ1) is 22.1. The standard InChI is InChI=1S/C24H34N4O2/c1-17(2)22-9-8-21(15-18(22)3)30-19(4)24(29)26-16-20-7-6-10-25-23(20)28-13-11-27(5)12-14-28/h6-10,15,17,19H,11-14,16H2,1-5H3,(H,26,29). The van der Waals surface area contributed by atoms with E-state index >= 15 is 0 Å². The third-order valence-electron chi connectivity index (χ3n) is 5.67. The van der Waals surface area contributed by atoms with Crippen molar-refractivity contribution in [1.29, 1.82) is 0 Å². The summed E-state index contributed by atoms with van der Waals surface area (Å²) in [7, 11) is 2.14. The highest BCUT2D eigenvalue weighted by Gasteiger charge is 2.20. The van der Waals surface area contributed by atoms with Crippen LogP contribution in [0.25, 0.3) is 0 Å². The van der Waals surface area contributed by atoms with Gasteiger partial charge in [-0.15, -0.1) is 0 Å². The number of amides is 1. The summed E-state index contributed by atoms with van der Waals surface area (Å²) in [6.45, 7) is 12.6. The Morgan fingerprint density at radius 3 is 2.57 bits per heavy atom. The molecule has 1 aromatic heterocycles. The van der Waals surface area contributed by atoms with Gasteiger partial charge in [-0.2, -0.15) is 0 Å². The van der Waals surface area contributed by atoms with Gasteiger partial charge >= 0.3 is 0 Å². The molecule has 0 saturated carbocycles. The van der Waals surface area contributed by atoms with E-state index < -0.39 is 6.10 Å². The molecule has 6 heteroatoms. The lowest BCUT2D eigenvalue weighted by Gasteiger charge is -2.34. The van der Waals surface area contributed by atoms with Crippen molar-refractivity contribution in [2.75, 3.05) is 38.1 Å². The number of likely N-dealkylation sites (N-methyl/N-ethyl adjacent to an activating group) is 1. The first-order chi connectivity index (χ1) is 14.3. The molecule has 0 radical (unpaired) electrons. The average molecular weight is 411 g/mol. The number of ether oxygens (including phenoxy) is 1. The number of hydrogen-bond acceptors (Lipinski definition) is 5. The molecule has 1 aliphatic heterocycles. The zero-order valence-corrected chi connectivity index (χ0v) is 18.8. The lowest BCUT2D eigenvalue weighted by Crippen LogP contribution is -2.45. The molecule has 1 saturated heterocycles. The van der Waals surface area contributed by atoms with Crippen molar-refractivity contribution in [2.45, 2.75) is 46.3 Å². The van der Waals surface area contributed by atoms with E-state index in [9.17, 15) is 4.79 Å². The van der Waals surface area contributed by atoms with E-state index in [1.54, 1.807) is 6.92 Å². The predicted molar refractivity (Wildman–Crippen MR) is 121 cm³/mol. The molecule has 0 aliphatic carbocycles. The normalized spacial score (nSPS) is 15.9. The molecule has 1 aromatic carbocycles. The smallest absolute Gasteiger partial charge is 0.261 e. The Morgan fingerprint density at radius 2 is 1.90 bits per heavy atom. The second kappa shape index (κ2) is 9.94. The van der Waals surface area contributed by atoms with Crippen LogP contribution in [0.3, 0.4) is 0 Å². The van der Waals surface area contributed by atoms with Crippen molar-refractivity contribution < 1.29 is 9.53 Å². The Bertz CT molecular complexity index is 860. The highest BCUT2D eigenvalue weighted by atomic mass is 16.5. The quantitative estimate of drug-likeness (QED) is 0.759. The van der Waals surface area contributed by atoms with Gasteiger partial charge in [0, 0.05) is 44.5 Å². The minimum Gasteiger partial charge on any atom is -0.481 e. The Balaban J connectivity index is 1.58. The van der Waals surface area contributed by atoms with Crippen LogP contribution in [0.15, 0.2) is 36.5 Å². The number of aromatic nitrogens is 1. The molecule has 1 fully saturated rings. The third kappa shape index (κ3) is 5.51. The van der Waals surface area contributed by atoms with Gasteiger partial charge in [-0.05, 0) is 56.1 Å². The maximum Gasteiger partial charge on any atom is 0.261 e. The van der Waals surface area contributed by atoms with Crippen LogP contribution < -0.4 is 15.0 Å². The summed E-state index contributed by atoms with van der Waals surface area (Å²) < 4.78 is 5.89. The summed E-state index contributed by atoms with van der Waals surface area (Å²) in [6.07, 6.45) is 1.24. The van der Waals surface area contributed by atoms with Crippen LogP contribution in [0, 0.1) is 6.92 Å². The molecule has 1 unspecified atom stereocenters. The third-order valence-corrected chi connectivity index (χ3v) is 5.67. The number of nitrogens with zero attached hydrogens (tertiary/aromatic N) is 3. The molecule has 1 amide bonds. The topological polar surface area (TPSA) is 57.7 Å². The molecule has 1 aliphatic rings. The van der Waals surface area contributed by atoms with Crippen LogP contribution >= 0.6 is 0 Å². The van der Waals surface area contributed by atoms with Crippen molar-refractivity contribution in [2.24, 2.45) is 0 Å². The number of rotatable bonds is 7. The first-order valence-electron chi connectivity index (χ1n) is 10.8. The second-order valence-corrected chi connectivity index (χ2v) is 8.43. The van der Waals surface area contributed by atoms with Gasteiger partial charge < -0.3 is 19.9 Å². The number of aryl methyl sites for hydroxylation is 1. The molecule has 30 heavy (non-hydrogen) atoms. The molecule has 0 spiro atoms. The average Bonchev–Trinajstić information content (AvgIpc) is 2.72. The largest absolute Gasteiger partial charge is 0.481 e. The molecule has 1 atom stereocenters. The maximum absolute atomic E-state index is 12.6. The number of piperazine rings is 1. The Labute approximate surface area is 180 Å². The van der Waals surface area contributed by atoms with Gasteiger partial charge in [0.1, 0.15) is 11.6 Å². The van der Waals surface area contributed by atoms with Gasteiger partial charge in [-0.1, -0.05) is 26.0 Å². The molecule has 1 N–H and O–H groups in total. The van der Waals surface area contributed by atoms with Gasteiger partial charge in [0.25, 0.3) is 5.91 Å². The highest BCUT2D eigenvalue weighted by Crippen LogP contribution is 2.24. The van der Waals surface area contributed by atoms with Gasteiger partial charge in [0.15, 0.2) is 6.10 Å². The summed E-state index contributed by atoms with van der Waals surface area (Å²) in [5, 5.41) is 3.01. The van der Waals surface area contributed by atoms with Crippen molar-refractivity contribution in [3.05, 3.63) is 53.2 Å². The fourth-order valence-electron chi connectivity index (χ4n) is 3.82. The number of carbonyl (C=O) groups is 1. The Morgan fingerprint density at radius 1 is 1.17 bits per heavy atom. The minimum atomic E-state index is -0.571. The number of benzene rings is 1. The summed E-state index contributed by atoms with van der Waals surface area (Å²) in [5.41, 5.74) is 3.51. The van der Waals surface area contributed by atoms with Crippen molar-refractivity contribution in [1.82, 2.24) is 15.2 Å². The molecule has 0 bridgehead atoms. The van der Waals surface area contributed by atoms with Crippen LogP contribution in [0.2, 0.25) is 0 Å². The van der Waals surface area contributed by atoms with Gasteiger partial charge in [0.05, 0.1) is 0 Å². The fraction of sp³-hybridized carbons (Fsp3) is 0.500. The van der Waals surface area contributed by atoms with Crippen LogP contribution in [-0.2, 0) is 11.3 Å². The number of anilines is 1. The zero-order valence-electron chi connectivity index (χ0n) is 18.8. The van der Waals surface area contributed by atoms with Crippen molar-refractivity contribution >= 4 is 11.7 Å². The summed E-state index contributed by atoms with van der Waals surface area (Å²) in [6, 6.07) is 9.98. The maximum atomic E-state index is 12.6. The van der Waals surface area contributed by atoms with E-state index in [-0.39, 0.29) is 5.91 Å². The second-order valence-electron chi connectivity index (χ2n) is 8.43. The lowest BCUT2D eigenvalue weighted by molar-refractivity contribution is -0.127. The van der Waals surface area contributed by atoms with Crippen LogP contribution in [0.4, 0.5) is 5.82 Å². The van der Waals surface area contributed by atoms with E-state index in [0.29, 0.717) is 12.5 Å². The molecule has 6 nitrogen and oxygen atoms in total. The van der Waals surface area contributed by atoms with Crippen molar-refractivity contribution in [3.63, 3.8) is 0 Å². The molecule has 162 valence electrons. The first-order valence-corrected chi connectivity index (χ1v) is 10.8. The van der Waals surface area contributed by atoms with Gasteiger partial charge in [-0.3, -0.25) is 4.79 Å². The van der Waals surface area contributed by atoms with E-state index in [0.717, 1.165) is 43.3 Å². The number of carbonyl (C=O) groups excluding carboxylic acids is 1. The summed E-state index contributed by atoms with van der Waals surface area (Å²) in [4.78, 5) is 21.8. The number of pyridine rings is 1.